The number of sulfonamides is 1. The number of carbonyl (C=O) groups is 1. The quantitative estimate of drug-likeness (QED) is 0.349. The van der Waals surface area contributed by atoms with E-state index in [1.165, 1.54) is 13.2 Å². The molecule has 8 heteroatoms. The number of Topliss-reactive ketones (excluding diaryl/α,β-unsaturated/α-hetero) is 1. The van der Waals surface area contributed by atoms with E-state index < -0.39 is 10.0 Å². The molecule has 0 heterocycles. The monoisotopic (exact) mass is 452 g/mol. The number of hydrogen-bond donors (Lipinski definition) is 2. The molecule has 6 nitrogen and oxygen atoms in total. The Bertz CT molecular complexity index is 948. The van der Waals surface area contributed by atoms with E-state index in [1.807, 2.05) is 24.3 Å². The topological polar surface area (TPSA) is 84.5 Å². The first-order valence-corrected chi connectivity index (χ1v) is 12.2. The maximum Gasteiger partial charge on any atom is 0.229 e. The second-order valence-corrected chi connectivity index (χ2v) is 9.27. The van der Waals surface area contributed by atoms with Crippen LogP contribution in [0.3, 0.4) is 0 Å². The second-order valence-electron chi connectivity index (χ2n) is 7.11. The summed E-state index contributed by atoms with van der Waals surface area (Å²) in [5, 5.41) is 4.20. The Morgan fingerprint density at radius 3 is 2.53 bits per heavy atom. The summed E-state index contributed by atoms with van der Waals surface area (Å²) >= 11 is 6.14. The number of hydrogen-bond acceptors (Lipinski definition) is 5. The van der Waals surface area contributed by atoms with Crippen molar-refractivity contribution in [3.05, 3.63) is 58.6 Å². The van der Waals surface area contributed by atoms with Gasteiger partial charge in [-0.2, -0.15) is 0 Å². The van der Waals surface area contributed by atoms with Gasteiger partial charge in [-0.1, -0.05) is 36.2 Å². The molecule has 2 N–H and O–H groups in total. The van der Waals surface area contributed by atoms with E-state index in [4.69, 9.17) is 16.3 Å². The number of nitrogens with one attached hydrogen (secondary N) is 2. The third-order valence-corrected chi connectivity index (χ3v) is 5.56. The highest BCUT2D eigenvalue weighted by Gasteiger charge is 2.13. The van der Waals surface area contributed by atoms with Crippen LogP contribution >= 0.6 is 11.6 Å². The molecule has 0 bridgehead atoms. The van der Waals surface area contributed by atoms with Gasteiger partial charge in [-0.15, -0.1) is 0 Å². The molecule has 2 aromatic carbocycles. The maximum atomic E-state index is 12.4. The molecule has 0 aromatic heterocycles. The second kappa shape index (κ2) is 11.9. The molecule has 0 saturated heterocycles. The number of carbonyl (C=O) groups excluding carboxylic acids is 1. The van der Waals surface area contributed by atoms with Gasteiger partial charge in [0.15, 0.2) is 5.78 Å². The summed E-state index contributed by atoms with van der Waals surface area (Å²) in [6.07, 6.45) is 5.08. The Kier molecular flexibility index (Phi) is 9.62. The van der Waals surface area contributed by atoms with E-state index in [0.29, 0.717) is 17.7 Å². The average molecular weight is 453 g/mol. The van der Waals surface area contributed by atoms with Gasteiger partial charge in [-0.25, -0.2) is 8.42 Å². The molecule has 0 aliphatic carbocycles. The van der Waals surface area contributed by atoms with E-state index in [-0.39, 0.29) is 11.5 Å². The zero-order valence-corrected chi connectivity index (χ0v) is 19.0. The predicted molar refractivity (Wildman–Crippen MR) is 122 cm³/mol. The number of benzene rings is 2. The van der Waals surface area contributed by atoms with Crippen LogP contribution in [-0.2, 0) is 16.4 Å². The fourth-order valence-electron chi connectivity index (χ4n) is 3.07. The minimum Gasteiger partial charge on any atom is -0.495 e. The highest BCUT2D eigenvalue weighted by atomic mass is 35.5. The lowest BCUT2D eigenvalue weighted by Gasteiger charge is -2.11. The van der Waals surface area contributed by atoms with E-state index >= 15 is 0 Å². The number of rotatable bonds is 13. The van der Waals surface area contributed by atoms with Gasteiger partial charge in [0.2, 0.25) is 10.0 Å². The van der Waals surface area contributed by atoms with Gasteiger partial charge in [0.05, 0.1) is 19.1 Å². The maximum absolute atomic E-state index is 12.4. The molecule has 2 aromatic rings. The van der Waals surface area contributed by atoms with Crippen molar-refractivity contribution in [3.63, 3.8) is 0 Å². The van der Waals surface area contributed by atoms with Gasteiger partial charge in [0, 0.05) is 17.0 Å². The van der Waals surface area contributed by atoms with Crippen LogP contribution < -0.4 is 14.8 Å². The van der Waals surface area contributed by atoms with Crippen molar-refractivity contribution in [2.24, 2.45) is 0 Å². The van der Waals surface area contributed by atoms with Crippen LogP contribution in [0.15, 0.2) is 42.5 Å². The van der Waals surface area contributed by atoms with Gasteiger partial charge in [0.25, 0.3) is 0 Å². The zero-order valence-electron chi connectivity index (χ0n) is 17.4. The van der Waals surface area contributed by atoms with Crippen molar-refractivity contribution in [1.82, 2.24) is 5.32 Å². The van der Waals surface area contributed by atoms with Gasteiger partial charge >= 0.3 is 0 Å². The SMILES string of the molecule is COc1ccc(C(=O)CCCCCNCCc2ccccc2Cl)cc1NS(C)(=O)=O. The average Bonchev–Trinajstić information content (AvgIpc) is 2.69. The summed E-state index contributed by atoms with van der Waals surface area (Å²) < 4.78 is 30.5. The third-order valence-electron chi connectivity index (χ3n) is 4.60. The van der Waals surface area contributed by atoms with Gasteiger partial charge in [0.1, 0.15) is 5.75 Å². The number of unbranched alkanes of at least 4 members (excludes halogenated alkanes) is 2. The molecule has 164 valence electrons. The molecule has 0 spiro atoms. The molecule has 30 heavy (non-hydrogen) atoms. The molecular weight excluding hydrogens is 424 g/mol. The molecule has 0 atom stereocenters. The van der Waals surface area contributed by atoms with E-state index in [2.05, 4.69) is 10.0 Å². The van der Waals surface area contributed by atoms with E-state index in [0.717, 1.165) is 55.6 Å². The van der Waals surface area contributed by atoms with Gasteiger partial charge < -0.3 is 10.1 Å². The first-order valence-electron chi connectivity index (χ1n) is 9.93. The minimum absolute atomic E-state index is 0.0131. The normalized spacial score (nSPS) is 11.3. The summed E-state index contributed by atoms with van der Waals surface area (Å²) in [7, 11) is -2.01. The summed E-state index contributed by atoms with van der Waals surface area (Å²) in [4.78, 5) is 12.4. The first kappa shape index (κ1) is 24.2. The summed E-state index contributed by atoms with van der Waals surface area (Å²) in [6, 6.07) is 12.6. The number of methoxy groups -OCH3 is 1. The molecule has 0 amide bonds. The summed E-state index contributed by atoms with van der Waals surface area (Å²) in [5.41, 5.74) is 1.88. The predicted octanol–water partition coefficient (Wildman–Crippen LogP) is 4.30. The minimum atomic E-state index is -3.46. The summed E-state index contributed by atoms with van der Waals surface area (Å²) in [5.74, 6) is 0.362. The van der Waals surface area contributed by atoms with Crippen molar-refractivity contribution in [2.45, 2.75) is 32.1 Å². The Balaban J connectivity index is 1.69. The fourth-order valence-corrected chi connectivity index (χ4v) is 3.86. The number of anilines is 1. The van der Waals surface area contributed by atoms with E-state index in [1.54, 1.807) is 12.1 Å². The van der Waals surface area contributed by atoms with Crippen molar-refractivity contribution in [1.29, 1.82) is 0 Å². The lowest BCUT2D eigenvalue weighted by molar-refractivity contribution is 0.0979. The lowest BCUT2D eigenvalue weighted by atomic mass is 10.0. The number of ketones is 1. The van der Waals surface area contributed by atoms with Gasteiger partial charge in [-0.05, 0) is 62.2 Å². The van der Waals surface area contributed by atoms with Crippen LogP contribution in [0.5, 0.6) is 5.75 Å². The van der Waals surface area contributed by atoms with Gasteiger partial charge in [-0.3, -0.25) is 9.52 Å². The highest BCUT2D eigenvalue weighted by molar-refractivity contribution is 7.92. The van der Waals surface area contributed by atoms with Crippen LogP contribution in [0.4, 0.5) is 5.69 Å². The molecule has 0 aliphatic heterocycles. The summed E-state index contributed by atoms with van der Waals surface area (Å²) in [6.45, 7) is 1.76. The van der Waals surface area contributed by atoms with Crippen LogP contribution in [0, 0.1) is 0 Å². The first-order chi connectivity index (χ1) is 14.3. The highest BCUT2D eigenvalue weighted by Crippen LogP contribution is 2.27. The van der Waals surface area contributed by atoms with Crippen LogP contribution in [0.25, 0.3) is 0 Å². The van der Waals surface area contributed by atoms with Crippen LogP contribution in [-0.4, -0.2) is 40.7 Å². The largest absolute Gasteiger partial charge is 0.495 e. The number of halogens is 1. The van der Waals surface area contributed by atoms with E-state index in [9.17, 15) is 13.2 Å². The van der Waals surface area contributed by atoms with Crippen LogP contribution in [0.2, 0.25) is 5.02 Å². The molecular formula is C22H29ClN2O4S. The molecule has 0 aliphatic rings. The fraction of sp³-hybridized carbons (Fsp3) is 0.409. The molecule has 0 saturated carbocycles. The molecule has 2 rings (SSSR count). The van der Waals surface area contributed by atoms with Crippen LogP contribution in [0.1, 0.15) is 41.6 Å². The van der Waals surface area contributed by atoms with Crippen molar-refractivity contribution < 1.29 is 17.9 Å². The van der Waals surface area contributed by atoms with Crippen molar-refractivity contribution in [3.8, 4) is 5.75 Å². The standard InChI is InChI=1S/C22H29ClN2O4S/c1-29-22-12-11-18(16-20(22)25-30(2,27)28)21(26)10-4-3-7-14-24-15-13-17-8-5-6-9-19(17)23/h5-6,8-9,11-12,16,24-25H,3-4,7,10,13-15H2,1-2H3. The molecule has 0 fully saturated rings. The zero-order chi connectivity index (χ0) is 22.0. The lowest BCUT2D eigenvalue weighted by Crippen LogP contribution is -2.18. The number of ether oxygens (including phenoxy) is 1. The smallest absolute Gasteiger partial charge is 0.229 e. The third kappa shape index (κ3) is 8.34. The Morgan fingerprint density at radius 1 is 1.07 bits per heavy atom. The molecule has 0 unspecified atom stereocenters. The van der Waals surface area contributed by atoms with Crippen molar-refractivity contribution in [2.75, 3.05) is 31.2 Å². The Morgan fingerprint density at radius 2 is 1.83 bits per heavy atom. The van der Waals surface area contributed by atoms with Crippen molar-refractivity contribution >= 4 is 33.1 Å². The Labute approximate surface area is 184 Å². The Hall–Kier alpha value is -2.09. The molecule has 0 radical (unpaired) electrons.